The lowest BCUT2D eigenvalue weighted by atomic mass is 9.74. The zero-order chi connectivity index (χ0) is 24.4. The van der Waals surface area contributed by atoms with E-state index in [2.05, 4.69) is 4.72 Å². The standard InChI is InChI=1S/C22H26ClN3O6S/c1-24-33(30,31)15-12-18(25(2)13-15)21(29)32-14-20(28)26(3)22(11-7-6-10-19(22)27)16-8-4-5-9-17(16)23/h4-5,8-9,12-13,24H,6-7,10-11,14H2,1-3H3. The number of aromatic nitrogens is 1. The van der Waals surface area contributed by atoms with Crippen LogP contribution in [0.25, 0.3) is 0 Å². The van der Waals surface area contributed by atoms with Crippen LogP contribution >= 0.6 is 11.6 Å². The van der Waals surface area contributed by atoms with E-state index < -0.39 is 34.0 Å². The van der Waals surface area contributed by atoms with E-state index in [1.807, 2.05) is 0 Å². The number of carbonyl (C=O) groups is 3. The number of rotatable bonds is 7. The van der Waals surface area contributed by atoms with E-state index in [0.717, 1.165) is 18.9 Å². The van der Waals surface area contributed by atoms with E-state index in [1.165, 1.54) is 36.8 Å². The van der Waals surface area contributed by atoms with Crippen LogP contribution in [0.5, 0.6) is 0 Å². The van der Waals surface area contributed by atoms with E-state index >= 15 is 0 Å². The molecule has 2 aromatic rings. The normalized spacial score (nSPS) is 18.7. The van der Waals surface area contributed by atoms with Crippen LogP contribution in [0.3, 0.4) is 0 Å². The second-order valence-electron chi connectivity index (χ2n) is 7.88. The number of benzene rings is 1. The van der Waals surface area contributed by atoms with Crippen molar-refractivity contribution >= 4 is 39.3 Å². The summed E-state index contributed by atoms with van der Waals surface area (Å²) in [5.41, 5.74) is -0.726. The average molecular weight is 496 g/mol. The minimum Gasteiger partial charge on any atom is -0.451 e. The quantitative estimate of drug-likeness (QED) is 0.589. The van der Waals surface area contributed by atoms with Gasteiger partial charge in [0.2, 0.25) is 10.0 Å². The smallest absolute Gasteiger partial charge is 0.355 e. The first kappa shape index (κ1) is 24.9. The zero-order valence-electron chi connectivity index (χ0n) is 18.6. The van der Waals surface area contributed by atoms with Crippen molar-refractivity contribution in [1.29, 1.82) is 0 Å². The maximum absolute atomic E-state index is 13.1. The summed E-state index contributed by atoms with van der Waals surface area (Å²) in [6.07, 6.45) is 3.46. The van der Waals surface area contributed by atoms with E-state index in [0.29, 0.717) is 23.4 Å². The van der Waals surface area contributed by atoms with Gasteiger partial charge < -0.3 is 14.2 Å². The molecule has 3 rings (SSSR count). The lowest BCUT2D eigenvalue weighted by Crippen LogP contribution is -2.55. The van der Waals surface area contributed by atoms with Gasteiger partial charge in [0.05, 0.1) is 0 Å². The molecule has 0 saturated heterocycles. The van der Waals surface area contributed by atoms with Crippen molar-refractivity contribution in [2.45, 2.75) is 36.1 Å². The third-order valence-corrected chi connectivity index (χ3v) is 7.73. The lowest BCUT2D eigenvalue weighted by molar-refractivity contribution is -0.150. The molecule has 1 heterocycles. The van der Waals surface area contributed by atoms with Crippen LogP contribution in [-0.4, -0.2) is 56.2 Å². The van der Waals surface area contributed by atoms with E-state index in [-0.39, 0.29) is 16.4 Å². The fraction of sp³-hybridized carbons (Fsp3) is 0.409. The van der Waals surface area contributed by atoms with Gasteiger partial charge in [-0.3, -0.25) is 9.59 Å². The molecule has 1 unspecified atom stereocenters. The SMILES string of the molecule is CNS(=O)(=O)c1cc(C(=O)OCC(=O)N(C)C2(c3ccccc3Cl)CCCCC2=O)n(C)c1. The summed E-state index contributed by atoms with van der Waals surface area (Å²) >= 11 is 6.40. The number of ketones is 1. The number of likely N-dealkylation sites (N-methyl/N-ethyl adjacent to an activating group) is 1. The molecule has 1 fully saturated rings. The molecule has 178 valence electrons. The summed E-state index contributed by atoms with van der Waals surface area (Å²) in [6.45, 7) is -0.617. The Morgan fingerprint density at radius 1 is 1.27 bits per heavy atom. The molecule has 0 radical (unpaired) electrons. The second-order valence-corrected chi connectivity index (χ2v) is 10.2. The van der Waals surface area contributed by atoms with Crippen LogP contribution in [0.4, 0.5) is 0 Å². The first-order valence-corrected chi connectivity index (χ1v) is 12.2. The summed E-state index contributed by atoms with van der Waals surface area (Å²) in [5.74, 6) is -1.55. The predicted octanol–water partition coefficient (Wildman–Crippen LogP) is 2.24. The molecule has 0 aliphatic heterocycles. The maximum Gasteiger partial charge on any atom is 0.355 e. The van der Waals surface area contributed by atoms with Gasteiger partial charge in [0, 0.05) is 37.3 Å². The Labute approximate surface area is 197 Å². The number of hydrogen-bond donors (Lipinski definition) is 1. The number of hydrogen-bond acceptors (Lipinski definition) is 6. The summed E-state index contributed by atoms with van der Waals surface area (Å²) in [4.78, 5) is 39.9. The molecule has 1 aromatic carbocycles. The largest absolute Gasteiger partial charge is 0.451 e. The van der Waals surface area contributed by atoms with Gasteiger partial charge in [-0.2, -0.15) is 0 Å². The van der Waals surface area contributed by atoms with Gasteiger partial charge >= 0.3 is 5.97 Å². The van der Waals surface area contributed by atoms with Crippen LogP contribution in [-0.2, 0) is 36.9 Å². The number of ether oxygens (including phenoxy) is 1. The molecular formula is C22H26ClN3O6S. The van der Waals surface area contributed by atoms with Crippen LogP contribution < -0.4 is 4.72 Å². The molecule has 1 atom stereocenters. The number of esters is 1. The monoisotopic (exact) mass is 495 g/mol. The highest BCUT2D eigenvalue weighted by Crippen LogP contribution is 2.42. The van der Waals surface area contributed by atoms with E-state index in [1.54, 1.807) is 24.3 Å². The number of nitrogens with one attached hydrogen (secondary N) is 1. The number of sulfonamides is 1. The molecule has 1 saturated carbocycles. The van der Waals surface area contributed by atoms with Crippen LogP contribution in [0.1, 0.15) is 41.7 Å². The Hall–Kier alpha value is -2.69. The topological polar surface area (TPSA) is 115 Å². The predicted molar refractivity (Wildman–Crippen MR) is 121 cm³/mol. The highest BCUT2D eigenvalue weighted by atomic mass is 35.5. The summed E-state index contributed by atoms with van der Waals surface area (Å²) in [7, 11) is 0.510. The Balaban J connectivity index is 1.81. The van der Waals surface area contributed by atoms with Crippen molar-refractivity contribution in [3.63, 3.8) is 0 Å². The first-order valence-electron chi connectivity index (χ1n) is 10.4. The summed E-state index contributed by atoms with van der Waals surface area (Å²) in [5, 5.41) is 0.381. The van der Waals surface area contributed by atoms with Crippen molar-refractivity contribution in [2.24, 2.45) is 7.05 Å². The van der Waals surface area contributed by atoms with Gasteiger partial charge in [-0.25, -0.2) is 17.9 Å². The van der Waals surface area contributed by atoms with Crippen molar-refractivity contribution in [3.05, 3.63) is 52.8 Å². The molecule has 1 N–H and O–H groups in total. The number of aryl methyl sites for hydroxylation is 1. The fourth-order valence-electron chi connectivity index (χ4n) is 4.14. The molecule has 9 nitrogen and oxygen atoms in total. The second kappa shape index (κ2) is 9.66. The average Bonchev–Trinajstić information content (AvgIpc) is 3.20. The minimum atomic E-state index is -3.75. The Bertz CT molecular complexity index is 1190. The number of halogens is 1. The minimum absolute atomic E-state index is 0.0335. The third-order valence-electron chi connectivity index (χ3n) is 6.01. The van der Waals surface area contributed by atoms with Crippen LogP contribution in [0.15, 0.2) is 41.4 Å². The number of Topliss-reactive ketones (excluding diaryl/α,β-unsaturated/α-hetero) is 1. The van der Waals surface area contributed by atoms with Crippen molar-refractivity contribution < 1.29 is 27.5 Å². The molecule has 1 aromatic heterocycles. The van der Waals surface area contributed by atoms with Crippen molar-refractivity contribution in [2.75, 3.05) is 20.7 Å². The van der Waals surface area contributed by atoms with Crippen LogP contribution in [0, 0.1) is 0 Å². The highest BCUT2D eigenvalue weighted by Gasteiger charge is 2.48. The molecule has 33 heavy (non-hydrogen) atoms. The van der Waals surface area contributed by atoms with Gasteiger partial charge in [-0.1, -0.05) is 29.8 Å². The van der Waals surface area contributed by atoms with Crippen molar-refractivity contribution in [1.82, 2.24) is 14.2 Å². The van der Waals surface area contributed by atoms with Gasteiger partial charge in [0.15, 0.2) is 12.4 Å². The molecule has 1 aliphatic carbocycles. The Morgan fingerprint density at radius 3 is 2.61 bits per heavy atom. The van der Waals surface area contributed by atoms with Crippen LogP contribution in [0.2, 0.25) is 5.02 Å². The van der Waals surface area contributed by atoms with E-state index in [9.17, 15) is 22.8 Å². The lowest BCUT2D eigenvalue weighted by Gasteiger charge is -2.43. The number of nitrogens with zero attached hydrogens (tertiary/aromatic N) is 2. The molecule has 11 heteroatoms. The van der Waals surface area contributed by atoms with E-state index in [4.69, 9.17) is 16.3 Å². The third kappa shape index (κ3) is 4.68. The zero-order valence-corrected chi connectivity index (χ0v) is 20.2. The van der Waals surface area contributed by atoms with Gasteiger partial charge in [-0.15, -0.1) is 0 Å². The molecule has 0 spiro atoms. The number of amides is 1. The van der Waals surface area contributed by atoms with Gasteiger partial charge in [0.1, 0.15) is 16.1 Å². The summed E-state index contributed by atoms with van der Waals surface area (Å²) in [6, 6.07) is 8.08. The fourth-order valence-corrected chi connectivity index (χ4v) is 5.23. The summed E-state index contributed by atoms with van der Waals surface area (Å²) < 4.78 is 32.6. The van der Waals surface area contributed by atoms with Gasteiger partial charge in [-0.05, 0) is 38.4 Å². The molecule has 1 aliphatic rings. The maximum atomic E-state index is 13.1. The first-order chi connectivity index (χ1) is 15.5. The molecule has 1 amide bonds. The van der Waals surface area contributed by atoms with Gasteiger partial charge in [0.25, 0.3) is 5.91 Å². The number of carbonyl (C=O) groups excluding carboxylic acids is 3. The Kier molecular flexibility index (Phi) is 7.30. The van der Waals surface area contributed by atoms with Crippen molar-refractivity contribution in [3.8, 4) is 0 Å². The highest BCUT2D eigenvalue weighted by molar-refractivity contribution is 7.89. The molecule has 0 bridgehead atoms. The molecular weight excluding hydrogens is 470 g/mol. The Morgan fingerprint density at radius 2 is 1.97 bits per heavy atom.